The number of phosphoric ester groups is 2. The molecule has 0 aromatic carbocycles. The summed E-state index contributed by atoms with van der Waals surface area (Å²) in [5.41, 5.74) is 0. The van der Waals surface area contributed by atoms with Gasteiger partial charge in [-0.05, 0) is 49.4 Å². The number of aliphatic hydroxyl groups excluding tert-OH is 1. The Bertz CT molecular complexity index is 1920. The molecule has 0 amide bonds. The molecule has 0 heterocycles. The number of esters is 4. The van der Waals surface area contributed by atoms with Crippen LogP contribution in [0.15, 0.2) is 0 Å². The lowest BCUT2D eigenvalue weighted by atomic mass is 9.99. The van der Waals surface area contributed by atoms with Gasteiger partial charge < -0.3 is 33.8 Å². The summed E-state index contributed by atoms with van der Waals surface area (Å²) in [6.07, 6.45) is 54.5. The van der Waals surface area contributed by atoms with E-state index in [2.05, 4.69) is 55.4 Å². The van der Waals surface area contributed by atoms with Crippen molar-refractivity contribution in [2.24, 2.45) is 23.7 Å². The quantitative estimate of drug-likeness (QED) is 0.0222. The summed E-state index contributed by atoms with van der Waals surface area (Å²) in [5, 5.41) is 10.6. The molecule has 0 aromatic heterocycles. The Morgan fingerprint density at radius 2 is 0.490 bits per heavy atom. The van der Waals surface area contributed by atoms with E-state index in [1.807, 2.05) is 0 Å². The van der Waals surface area contributed by atoms with Gasteiger partial charge in [-0.2, -0.15) is 0 Å². The molecule has 98 heavy (non-hydrogen) atoms. The van der Waals surface area contributed by atoms with Gasteiger partial charge in [0.05, 0.1) is 26.4 Å². The molecule has 0 radical (unpaired) electrons. The maximum atomic E-state index is 13.1. The van der Waals surface area contributed by atoms with E-state index in [0.29, 0.717) is 31.6 Å². The standard InChI is InChI=1S/C79H154O17P2/c1-9-71(7)57-49-41-32-28-24-20-17-18-22-26-30-34-45-53-61-78(83)95-74(65-89-76(81)59-51-43-33-29-25-21-16-14-12-11-13-15-19-23-27-31-39-47-55-69(3)4)67-93-97(85,86)91-63-73(80)64-92-98(87,88)94-68-75(96-79(84)62-54-46-37-35-40-48-56-70(5)6)66-90-77(82)60-52-44-38-36-42-50-58-72(8)10-2/h69-75,80H,9-68H2,1-8H3,(H,85,86)(H,87,88)/t71?,72?,73-,74-,75-/m1/s1. The average Bonchev–Trinajstić information content (AvgIpc) is 1.23. The second kappa shape index (κ2) is 68.2. The molecule has 582 valence electrons. The molecule has 0 spiro atoms. The van der Waals surface area contributed by atoms with Crippen molar-refractivity contribution in [3.63, 3.8) is 0 Å². The lowest BCUT2D eigenvalue weighted by molar-refractivity contribution is -0.161. The zero-order valence-corrected chi connectivity index (χ0v) is 66.2. The molecular weight excluding hydrogens is 1280 g/mol. The van der Waals surface area contributed by atoms with Crippen molar-refractivity contribution in [2.45, 2.75) is 420 Å². The van der Waals surface area contributed by atoms with E-state index in [-0.39, 0.29) is 25.7 Å². The van der Waals surface area contributed by atoms with E-state index >= 15 is 0 Å². The average molecular weight is 1440 g/mol. The van der Waals surface area contributed by atoms with E-state index in [1.54, 1.807) is 0 Å². The summed E-state index contributed by atoms with van der Waals surface area (Å²) in [6.45, 7) is 14.2. The molecule has 0 saturated carbocycles. The van der Waals surface area contributed by atoms with Crippen LogP contribution in [0, 0.1) is 23.7 Å². The van der Waals surface area contributed by atoms with E-state index in [1.165, 1.54) is 199 Å². The van der Waals surface area contributed by atoms with Crippen molar-refractivity contribution in [1.29, 1.82) is 0 Å². The van der Waals surface area contributed by atoms with Crippen LogP contribution in [0.5, 0.6) is 0 Å². The number of ether oxygens (including phenoxy) is 4. The number of carbonyl (C=O) groups is 4. The summed E-state index contributed by atoms with van der Waals surface area (Å²) in [7, 11) is -9.91. The van der Waals surface area contributed by atoms with Gasteiger partial charge in [-0.3, -0.25) is 37.3 Å². The molecule has 19 heteroatoms. The van der Waals surface area contributed by atoms with Crippen LogP contribution in [-0.2, 0) is 65.4 Å². The van der Waals surface area contributed by atoms with Gasteiger partial charge in [-0.25, -0.2) is 9.13 Å². The fraction of sp³-hybridized carbons (Fsp3) is 0.949. The maximum absolute atomic E-state index is 13.1. The first-order valence-electron chi connectivity index (χ1n) is 40.8. The minimum absolute atomic E-state index is 0.101. The number of aliphatic hydroxyl groups is 1. The second-order valence-electron chi connectivity index (χ2n) is 29.9. The van der Waals surface area contributed by atoms with Crippen molar-refractivity contribution in [3.05, 3.63) is 0 Å². The van der Waals surface area contributed by atoms with Gasteiger partial charge in [0.25, 0.3) is 0 Å². The zero-order valence-electron chi connectivity index (χ0n) is 64.4. The predicted octanol–water partition coefficient (Wildman–Crippen LogP) is 23.2. The van der Waals surface area contributed by atoms with Crippen LogP contribution in [0.25, 0.3) is 0 Å². The molecule has 0 saturated heterocycles. The van der Waals surface area contributed by atoms with Crippen LogP contribution in [0.2, 0.25) is 0 Å². The molecule has 4 unspecified atom stereocenters. The molecule has 0 aliphatic carbocycles. The first-order valence-corrected chi connectivity index (χ1v) is 43.8. The summed E-state index contributed by atoms with van der Waals surface area (Å²) in [4.78, 5) is 72.8. The Morgan fingerprint density at radius 3 is 0.724 bits per heavy atom. The molecule has 0 bridgehead atoms. The Labute approximate surface area is 600 Å². The van der Waals surface area contributed by atoms with Crippen molar-refractivity contribution >= 4 is 39.5 Å². The summed E-state index contributed by atoms with van der Waals surface area (Å²) in [6, 6.07) is 0. The topological polar surface area (TPSA) is 237 Å². The number of rotatable bonds is 76. The van der Waals surface area contributed by atoms with E-state index in [4.69, 9.17) is 37.0 Å². The van der Waals surface area contributed by atoms with Gasteiger partial charge >= 0.3 is 39.5 Å². The molecule has 17 nitrogen and oxygen atoms in total. The normalized spacial score (nSPS) is 14.6. The minimum atomic E-state index is -4.96. The first-order chi connectivity index (χ1) is 47.2. The fourth-order valence-corrected chi connectivity index (χ4v) is 13.6. The van der Waals surface area contributed by atoms with Gasteiger partial charge in [-0.1, -0.05) is 351 Å². The first kappa shape index (κ1) is 96.1. The summed E-state index contributed by atoms with van der Waals surface area (Å²) < 4.78 is 68.5. The molecule has 3 N–H and O–H groups in total. The second-order valence-corrected chi connectivity index (χ2v) is 32.8. The highest BCUT2D eigenvalue weighted by Gasteiger charge is 2.30. The van der Waals surface area contributed by atoms with Gasteiger partial charge in [-0.15, -0.1) is 0 Å². The van der Waals surface area contributed by atoms with Crippen molar-refractivity contribution in [2.75, 3.05) is 39.6 Å². The number of carbonyl (C=O) groups excluding carboxylic acids is 4. The molecule has 0 aromatic rings. The smallest absolute Gasteiger partial charge is 0.462 e. The van der Waals surface area contributed by atoms with Gasteiger partial charge in [0.2, 0.25) is 0 Å². The zero-order chi connectivity index (χ0) is 72.4. The SMILES string of the molecule is CCC(C)CCCCCCCCCCCCCCCCC(=O)O[C@H](COC(=O)CCCCCCCCCCCCCCCCCCCCC(C)C)COP(=O)(O)OC[C@@H](O)COP(=O)(O)OC[C@@H](COC(=O)CCCCCCCCC(C)CC)OC(=O)CCCCCCCCC(C)C. The van der Waals surface area contributed by atoms with E-state index < -0.39 is 97.5 Å². The predicted molar refractivity (Wildman–Crippen MR) is 400 cm³/mol. The molecule has 0 aliphatic rings. The van der Waals surface area contributed by atoms with Crippen molar-refractivity contribution in [3.8, 4) is 0 Å². The van der Waals surface area contributed by atoms with E-state index in [0.717, 1.165) is 114 Å². The Balaban J connectivity index is 5.18. The third-order valence-corrected chi connectivity index (χ3v) is 20.9. The number of unbranched alkanes of at least 4 members (excludes halogenated alkanes) is 40. The monoisotopic (exact) mass is 1440 g/mol. The number of hydrogen-bond donors (Lipinski definition) is 3. The van der Waals surface area contributed by atoms with Crippen molar-refractivity contribution < 1.29 is 80.2 Å². The Morgan fingerprint density at radius 1 is 0.286 bits per heavy atom. The minimum Gasteiger partial charge on any atom is -0.462 e. The highest BCUT2D eigenvalue weighted by molar-refractivity contribution is 7.47. The maximum Gasteiger partial charge on any atom is 0.472 e. The van der Waals surface area contributed by atoms with Gasteiger partial charge in [0, 0.05) is 25.7 Å². The lowest BCUT2D eigenvalue weighted by Crippen LogP contribution is -2.30. The van der Waals surface area contributed by atoms with Gasteiger partial charge in [0.1, 0.15) is 19.3 Å². The van der Waals surface area contributed by atoms with Crippen LogP contribution in [0.4, 0.5) is 0 Å². The van der Waals surface area contributed by atoms with Gasteiger partial charge in [0.15, 0.2) is 12.2 Å². The van der Waals surface area contributed by atoms with Crippen LogP contribution in [0.1, 0.15) is 402 Å². The molecular formula is C79H154O17P2. The Hall–Kier alpha value is -1.94. The molecule has 0 rings (SSSR count). The number of hydrogen-bond acceptors (Lipinski definition) is 15. The highest BCUT2D eigenvalue weighted by Crippen LogP contribution is 2.45. The van der Waals surface area contributed by atoms with Crippen LogP contribution < -0.4 is 0 Å². The van der Waals surface area contributed by atoms with E-state index in [9.17, 15) is 43.2 Å². The van der Waals surface area contributed by atoms with Crippen LogP contribution in [-0.4, -0.2) is 96.7 Å². The van der Waals surface area contributed by atoms with Crippen LogP contribution in [0.3, 0.4) is 0 Å². The highest BCUT2D eigenvalue weighted by atomic mass is 31.2. The molecule has 0 fully saturated rings. The third-order valence-electron chi connectivity index (χ3n) is 19.0. The lowest BCUT2D eigenvalue weighted by Gasteiger charge is -2.21. The van der Waals surface area contributed by atoms with Crippen LogP contribution >= 0.6 is 15.6 Å². The summed E-state index contributed by atoms with van der Waals surface area (Å²) >= 11 is 0. The molecule has 0 aliphatic heterocycles. The summed E-state index contributed by atoms with van der Waals surface area (Å²) in [5.74, 6) is 0.946. The third kappa shape index (κ3) is 69.8. The molecule has 7 atom stereocenters. The fourth-order valence-electron chi connectivity index (χ4n) is 12.0. The largest absolute Gasteiger partial charge is 0.472 e. The Kier molecular flexibility index (Phi) is 66.8. The number of phosphoric acid groups is 2. The van der Waals surface area contributed by atoms with Crippen molar-refractivity contribution in [1.82, 2.24) is 0 Å².